The summed E-state index contributed by atoms with van der Waals surface area (Å²) in [7, 11) is -3.68. The third-order valence-corrected chi connectivity index (χ3v) is 4.43. The van der Waals surface area contributed by atoms with E-state index in [1.54, 1.807) is 39.0 Å². The van der Waals surface area contributed by atoms with E-state index in [0.29, 0.717) is 16.9 Å². The quantitative estimate of drug-likeness (QED) is 0.901. The van der Waals surface area contributed by atoms with Gasteiger partial charge in [-0.05, 0) is 26.8 Å². The Bertz CT molecular complexity index is 752. The van der Waals surface area contributed by atoms with Gasteiger partial charge in [0.15, 0.2) is 0 Å². The van der Waals surface area contributed by atoms with Crippen molar-refractivity contribution in [1.29, 1.82) is 0 Å². The Labute approximate surface area is 124 Å². The predicted octanol–water partition coefficient (Wildman–Crippen LogP) is 1.80. The van der Waals surface area contributed by atoms with E-state index in [1.165, 1.54) is 18.6 Å². The van der Waals surface area contributed by atoms with Crippen LogP contribution in [0.3, 0.4) is 0 Å². The fourth-order valence-electron chi connectivity index (χ4n) is 1.92. The largest absolute Gasteiger partial charge is 0.396 e. The van der Waals surface area contributed by atoms with Crippen molar-refractivity contribution < 1.29 is 8.42 Å². The summed E-state index contributed by atoms with van der Waals surface area (Å²) in [5.41, 5.74) is 6.46. The first-order chi connectivity index (χ1) is 9.71. The lowest BCUT2D eigenvalue weighted by atomic mass is 10.1. The number of nitrogens with one attached hydrogen (secondary N) is 1. The minimum absolute atomic E-state index is 0.144. The van der Waals surface area contributed by atoms with Crippen molar-refractivity contribution >= 4 is 15.7 Å². The average molecular weight is 306 g/mol. The highest BCUT2D eigenvalue weighted by Crippen LogP contribution is 2.29. The summed E-state index contributed by atoms with van der Waals surface area (Å²) in [6.07, 6.45) is 2.79. The van der Waals surface area contributed by atoms with Gasteiger partial charge >= 0.3 is 0 Å². The Morgan fingerprint density at radius 2 is 1.86 bits per heavy atom. The number of nitrogens with two attached hydrogens (primary N) is 1. The van der Waals surface area contributed by atoms with E-state index in [9.17, 15) is 8.42 Å². The Kier molecular flexibility index (Phi) is 3.97. The van der Waals surface area contributed by atoms with Crippen LogP contribution >= 0.6 is 0 Å². The molecule has 6 nitrogen and oxygen atoms in total. The molecule has 0 bridgehead atoms. The first-order valence-electron chi connectivity index (χ1n) is 6.39. The zero-order chi connectivity index (χ0) is 15.7. The van der Waals surface area contributed by atoms with Gasteiger partial charge < -0.3 is 5.73 Å². The number of anilines is 1. The van der Waals surface area contributed by atoms with Gasteiger partial charge in [-0.15, -0.1) is 0 Å². The molecule has 1 aromatic carbocycles. The molecular formula is C14H18N4O2S. The maximum absolute atomic E-state index is 12.6. The molecule has 7 heteroatoms. The normalized spacial score (nSPS) is 12.3. The van der Waals surface area contributed by atoms with Crippen molar-refractivity contribution in [1.82, 2.24) is 14.7 Å². The third-order valence-electron chi connectivity index (χ3n) is 2.61. The molecule has 0 amide bonds. The lowest BCUT2D eigenvalue weighted by Crippen LogP contribution is -2.40. The molecule has 2 aromatic rings. The predicted molar refractivity (Wildman–Crippen MR) is 82.0 cm³/mol. The molecule has 2 rings (SSSR count). The van der Waals surface area contributed by atoms with Crippen LogP contribution in [0.25, 0.3) is 11.3 Å². The van der Waals surface area contributed by atoms with Gasteiger partial charge in [-0.1, -0.05) is 18.2 Å². The van der Waals surface area contributed by atoms with E-state index >= 15 is 0 Å². The standard InChI is InChI=1S/C14H18N4O2S/c1-14(2,3)18-21(19,20)12-7-5-4-6-10(12)13-11(15)8-16-9-17-13/h4-9,18H,15H2,1-3H3. The summed E-state index contributed by atoms with van der Waals surface area (Å²) in [5, 5.41) is 0. The van der Waals surface area contributed by atoms with Gasteiger partial charge in [-0.3, -0.25) is 0 Å². The number of nitrogen functional groups attached to an aromatic ring is 1. The van der Waals surface area contributed by atoms with Crippen LogP contribution in [-0.2, 0) is 10.0 Å². The van der Waals surface area contributed by atoms with E-state index in [0.717, 1.165) is 0 Å². The van der Waals surface area contributed by atoms with Crippen LogP contribution in [0.4, 0.5) is 5.69 Å². The van der Waals surface area contributed by atoms with Crippen LogP contribution in [0, 0.1) is 0 Å². The molecule has 0 aliphatic carbocycles. The Morgan fingerprint density at radius 1 is 1.19 bits per heavy atom. The van der Waals surface area contributed by atoms with Crippen LogP contribution < -0.4 is 10.5 Å². The lowest BCUT2D eigenvalue weighted by molar-refractivity contribution is 0.491. The summed E-state index contributed by atoms with van der Waals surface area (Å²) in [6.45, 7) is 5.35. The summed E-state index contributed by atoms with van der Waals surface area (Å²) in [6, 6.07) is 6.62. The fourth-order valence-corrected chi connectivity index (χ4v) is 3.55. The van der Waals surface area contributed by atoms with E-state index in [4.69, 9.17) is 5.73 Å². The highest BCUT2D eigenvalue weighted by atomic mass is 32.2. The minimum atomic E-state index is -3.68. The van der Waals surface area contributed by atoms with Crippen LogP contribution in [0.2, 0.25) is 0 Å². The molecule has 0 spiro atoms. The average Bonchev–Trinajstić information content (AvgIpc) is 2.36. The summed E-state index contributed by atoms with van der Waals surface area (Å²) in [5.74, 6) is 0. The van der Waals surface area contributed by atoms with Crippen molar-refractivity contribution in [2.45, 2.75) is 31.2 Å². The number of hydrogen-bond acceptors (Lipinski definition) is 5. The first-order valence-corrected chi connectivity index (χ1v) is 7.88. The second-order valence-corrected chi connectivity index (χ2v) is 7.33. The van der Waals surface area contributed by atoms with Gasteiger partial charge in [0, 0.05) is 11.1 Å². The van der Waals surface area contributed by atoms with E-state index < -0.39 is 15.6 Å². The van der Waals surface area contributed by atoms with Crippen molar-refractivity contribution in [2.24, 2.45) is 0 Å². The number of rotatable bonds is 3. The third kappa shape index (κ3) is 3.56. The van der Waals surface area contributed by atoms with Crippen molar-refractivity contribution in [3.8, 4) is 11.3 Å². The fraction of sp³-hybridized carbons (Fsp3) is 0.286. The lowest BCUT2D eigenvalue weighted by Gasteiger charge is -2.21. The van der Waals surface area contributed by atoms with Crippen molar-refractivity contribution in [3.05, 3.63) is 36.8 Å². The topological polar surface area (TPSA) is 98.0 Å². The van der Waals surface area contributed by atoms with Gasteiger partial charge in [0.1, 0.15) is 6.33 Å². The molecule has 0 unspecified atom stereocenters. The van der Waals surface area contributed by atoms with Gasteiger partial charge in [-0.25, -0.2) is 23.1 Å². The van der Waals surface area contributed by atoms with Crippen LogP contribution in [0.15, 0.2) is 41.7 Å². The molecular weight excluding hydrogens is 288 g/mol. The zero-order valence-corrected chi connectivity index (χ0v) is 13.0. The van der Waals surface area contributed by atoms with Crippen LogP contribution in [-0.4, -0.2) is 23.9 Å². The monoisotopic (exact) mass is 306 g/mol. The van der Waals surface area contributed by atoms with Crippen molar-refractivity contribution in [2.75, 3.05) is 5.73 Å². The summed E-state index contributed by atoms with van der Waals surface area (Å²) >= 11 is 0. The van der Waals surface area contributed by atoms with Crippen LogP contribution in [0.1, 0.15) is 20.8 Å². The molecule has 112 valence electrons. The highest BCUT2D eigenvalue weighted by molar-refractivity contribution is 7.89. The van der Waals surface area contributed by atoms with Gasteiger partial charge in [0.2, 0.25) is 10.0 Å². The molecule has 0 fully saturated rings. The summed E-state index contributed by atoms with van der Waals surface area (Å²) in [4.78, 5) is 8.06. The van der Waals surface area contributed by atoms with Crippen LogP contribution in [0.5, 0.6) is 0 Å². The molecule has 3 N–H and O–H groups in total. The molecule has 0 saturated carbocycles. The van der Waals surface area contributed by atoms with E-state index in [1.807, 2.05) is 0 Å². The maximum Gasteiger partial charge on any atom is 0.241 e. The first kappa shape index (κ1) is 15.4. The van der Waals surface area contributed by atoms with Gasteiger partial charge in [0.05, 0.1) is 22.5 Å². The molecule has 1 heterocycles. The van der Waals surface area contributed by atoms with Gasteiger partial charge in [-0.2, -0.15) is 0 Å². The molecule has 0 aliphatic rings. The Hall–Kier alpha value is -1.99. The number of nitrogens with zero attached hydrogens (tertiary/aromatic N) is 2. The van der Waals surface area contributed by atoms with Crippen molar-refractivity contribution in [3.63, 3.8) is 0 Å². The molecule has 0 atom stereocenters. The van der Waals surface area contributed by atoms with Gasteiger partial charge in [0.25, 0.3) is 0 Å². The molecule has 0 radical (unpaired) electrons. The number of aromatic nitrogens is 2. The summed E-state index contributed by atoms with van der Waals surface area (Å²) < 4.78 is 27.7. The molecule has 0 aliphatic heterocycles. The SMILES string of the molecule is CC(C)(C)NS(=O)(=O)c1ccccc1-c1ncncc1N. The van der Waals surface area contributed by atoms with E-state index in [2.05, 4.69) is 14.7 Å². The molecule has 0 saturated heterocycles. The number of sulfonamides is 1. The smallest absolute Gasteiger partial charge is 0.241 e. The second kappa shape index (κ2) is 5.42. The van der Waals surface area contributed by atoms with E-state index in [-0.39, 0.29) is 4.90 Å². The maximum atomic E-state index is 12.6. The molecule has 1 aromatic heterocycles. The Morgan fingerprint density at radius 3 is 2.48 bits per heavy atom. The highest BCUT2D eigenvalue weighted by Gasteiger charge is 2.25. The number of benzene rings is 1. The minimum Gasteiger partial charge on any atom is -0.396 e. The second-order valence-electron chi connectivity index (χ2n) is 5.68. The Balaban J connectivity index is 2.60. The molecule has 21 heavy (non-hydrogen) atoms. The zero-order valence-electron chi connectivity index (χ0n) is 12.2. The number of hydrogen-bond donors (Lipinski definition) is 2.